The molecule has 0 saturated carbocycles. The van der Waals surface area contributed by atoms with Crippen molar-refractivity contribution in [2.24, 2.45) is 0 Å². The van der Waals surface area contributed by atoms with Crippen LogP contribution in [0.25, 0.3) is 0 Å². The number of hydrogen-bond donors (Lipinski definition) is 2. The standard InChI is InChI=1S/C15H14ClN3O4S/c1-24(21,22)18-17-15(20)19-9-10-4-2-3-5-13(10)23-14-7-6-11(16)8-12(14)19/h2-8,18H,9H2,1H3,(H,17,20). The van der Waals surface area contributed by atoms with Crippen LogP contribution in [-0.4, -0.2) is 20.7 Å². The monoisotopic (exact) mass is 367 g/mol. The lowest BCUT2D eigenvalue weighted by molar-refractivity contribution is 0.244. The molecule has 0 spiro atoms. The number of nitrogens with one attached hydrogen (secondary N) is 2. The highest BCUT2D eigenvalue weighted by Gasteiger charge is 2.26. The van der Waals surface area contributed by atoms with Crippen LogP contribution in [0.5, 0.6) is 11.5 Å². The molecule has 3 rings (SSSR count). The summed E-state index contributed by atoms with van der Waals surface area (Å²) in [6, 6.07) is 11.5. The molecule has 24 heavy (non-hydrogen) atoms. The van der Waals surface area contributed by atoms with Crippen molar-refractivity contribution in [3.8, 4) is 11.5 Å². The molecule has 0 aromatic heterocycles. The van der Waals surface area contributed by atoms with Crippen LogP contribution >= 0.6 is 11.6 Å². The van der Waals surface area contributed by atoms with E-state index in [-0.39, 0.29) is 6.54 Å². The van der Waals surface area contributed by atoms with Crippen LogP contribution in [0.15, 0.2) is 42.5 Å². The summed E-state index contributed by atoms with van der Waals surface area (Å²) in [5.74, 6) is 1.06. The molecule has 0 bridgehead atoms. The van der Waals surface area contributed by atoms with E-state index in [1.54, 1.807) is 24.3 Å². The molecule has 0 fully saturated rings. The van der Waals surface area contributed by atoms with Crippen molar-refractivity contribution in [2.45, 2.75) is 6.54 Å². The molecule has 1 aliphatic rings. The van der Waals surface area contributed by atoms with E-state index in [0.29, 0.717) is 22.2 Å². The maximum Gasteiger partial charge on any atom is 0.337 e. The summed E-state index contributed by atoms with van der Waals surface area (Å²) in [6.07, 6.45) is 0.943. The Morgan fingerprint density at radius 3 is 2.71 bits per heavy atom. The Kier molecular flexibility index (Phi) is 4.35. The molecule has 2 N–H and O–H groups in total. The first-order valence-corrected chi connectivity index (χ1v) is 9.20. The molecule has 0 radical (unpaired) electrons. The molecule has 0 aliphatic carbocycles. The van der Waals surface area contributed by atoms with Crippen molar-refractivity contribution in [3.05, 3.63) is 53.1 Å². The van der Waals surface area contributed by atoms with Gasteiger partial charge in [0.25, 0.3) is 0 Å². The smallest absolute Gasteiger partial charge is 0.337 e. The van der Waals surface area contributed by atoms with Crippen molar-refractivity contribution >= 4 is 33.3 Å². The number of anilines is 1. The molecule has 7 nitrogen and oxygen atoms in total. The first kappa shape index (κ1) is 16.6. The van der Waals surface area contributed by atoms with Crippen LogP contribution in [0.1, 0.15) is 5.56 Å². The van der Waals surface area contributed by atoms with Gasteiger partial charge in [0.05, 0.1) is 18.5 Å². The number of benzene rings is 2. The lowest BCUT2D eigenvalue weighted by Crippen LogP contribution is -2.48. The van der Waals surface area contributed by atoms with Crippen molar-refractivity contribution < 1.29 is 17.9 Å². The van der Waals surface area contributed by atoms with E-state index in [1.165, 1.54) is 4.90 Å². The molecule has 2 aromatic carbocycles. The van der Waals surface area contributed by atoms with E-state index < -0.39 is 16.1 Å². The van der Waals surface area contributed by atoms with Gasteiger partial charge in [0.1, 0.15) is 5.75 Å². The molecule has 9 heteroatoms. The highest BCUT2D eigenvalue weighted by Crippen LogP contribution is 2.40. The van der Waals surface area contributed by atoms with Gasteiger partial charge in [0.2, 0.25) is 10.0 Å². The zero-order valence-electron chi connectivity index (χ0n) is 12.6. The van der Waals surface area contributed by atoms with E-state index in [4.69, 9.17) is 16.3 Å². The fourth-order valence-electron chi connectivity index (χ4n) is 2.28. The van der Waals surface area contributed by atoms with Crippen LogP contribution in [-0.2, 0) is 16.6 Å². The molecule has 1 aliphatic heterocycles. The number of para-hydroxylation sites is 1. The molecule has 0 saturated heterocycles. The van der Waals surface area contributed by atoms with E-state index in [0.717, 1.165) is 11.8 Å². The minimum atomic E-state index is -3.58. The minimum Gasteiger partial charge on any atom is -0.455 e. The number of carbonyl (C=O) groups excluding carboxylic acids is 1. The summed E-state index contributed by atoms with van der Waals surface area (Å²) < 4.78 is 28.3. The number of urea groups is 1. The van der Waals surface area contributed by atoms with Gasteiger partial charge in [0.15, 0.2) is 5.75 Å². The second-order valence-electron chi connectivity index (χ2n) is 5.21. The minimum absolute atomic E-state index is 0.195. The van der Waals surface area contributed by atoms with Crippen molar-refractivity contribution in [2.75, 3.05) is 11.2 Å². The number of hydrogen-bond acceptors (Lipinski definition) is 4. The first-order valence-electron chi connectivity index (χ1n) is 6.93. The maximum absolute atomic E-state index is 12.5. The molecule has 1 heterocycles. The van der Waals surface area contributed by atoms with Crippen LogP contribution in [0, 0.1) is 0 Å². The third kappa shape index (κ3) is 3.61. The Morgan fingerprint density at radius 2 is 1.96 bits per heavy atom. The Hall–Kier alpha value is -2.29. The van der Waals surface area contributed by atoms with Gasteiger partial charge < -0.3 is 4.74 Å². The maximum atomic E-state index is 12.5. The summed E-state index contributed by atoms with van der Waals surface area (Å²) in [4.78, 5) is 15.8. The van der Waals surface area contributed by atoms with Gasteiger partial charge >= 0.3 is 6.03 Å². The van der Waals surface area contributed by atoms with Gasteiger partial charge in [-0.1, -0.05) is 29.8 Å². The second kappa shape index (κ2) is 6.31. The average Bonchev–Trinajstić information content (AvgIpc) is 2.68. The predicted octanol–water partition coefficient (Wildman–Crippen LogP) is 2.63. The number of fused-ring (bicyclic) bond motifs is 2. The van der Waals surface area contributed by atoms with Crippen molar-refractivity contribution in [1.82, 2.24) is 10.3 Å². The van der Waals surface area contributed by atoms with Gasteiger partial charge in [-0.05, 0) is 24.3 Å². The Bertz CT molecular complexity index is 901. The van der Waals surface area contributed by atoms with Gasteiger partial charge in [-0.2, -0.15) is 0 Å². The highest BCUT2D eigenvalue weighted by atomic mass is 35.5. The zero-order chi connectivity index (χ0) is 17.3. The number of nitrogens with zero attached hydrogens (tertiary/aromatic N) is 1. The van der Waals surface area contributed by atoms with Gasteiger partial charge in [-0.3, -0.25) is 10.3 Å². The van der Waals surface area contributed by atoms with Crippen molar-refractivity contribution in [1.29, 1.82) is 0 Å². The average molecular weight is 368 g/mol. The topological polar surface area (TPSA) is 87.7 Å². The van der Waals surface area contributed by atoms with E-state index in [1.807, 2.05) is 23.0 Å². The van der Waals surface area contributed by atoms with Crippen molar-refractivity contribution in [3.63, 3.8) is 0 Å². The summed E-state index contributed by atoms with van der Waals surface area (Å²) in [7, 11) is -3.58. The largest absolute Gasteiger partial charge is 0.455 e. The summed E-state index contributed by atoms with van der Waals surface area (Å²) in [5.41, 5.74) is 3.38. The molecule has 0 unspecified atom stereocenters. The van der Waals surface area contributed by atoms with Crippen LogP contribution in [0.3, 0.4) is 0 Å². The summed E-state index contributed by atoms with van der Waals surface area (Å²) in [5, 5.41) is 0.428. The Labute approximate surface area is 144 Å². The molecule has 2 aromatic rings. The van der Waals surface area contributed by atoms with Crippen LogP contribution in [0.2, 0.25) is 5.02 Å². The third-order valence-corrected chi connectivity index (χ3v) is 4.03. The number of carbonyl (C=O) groups is 1. The van der Waals surface area contributed by atoms with Crippen LogP contribution < -0.4 is 19.9 Å². The molecular formula is C15H14ClN3O4S. The van der Waals surface area contributed by atoms with Gasteiger partial charge in [-0.25, -0.2) is 13.2 Å². The Balaban J connectivity index is 2.01. The van der Waals surface area contributed by atoms with Crippen LogP contribution in [0.4, 0.5) is 10.5 Å². The number of ether oxygens (including phenoxy) is 1. The highest BCUT2D eigenvalue weighted by molar-refractivity contribution is 7.88. The summed E-state index contributed by atoms with van der Waals surface area (Å²) in [6.45, 7) is 0.195. The fraction of sp³-hybridized carbons (Fsp3) is 0.133. The third-order valence-electron chi connectivity index (χ3n) is 3.32. The lowest BCUT2D eigenvalue weighted by Gasteiger charge is -2.22. The van der Waals surface area contributed by atoms with E-state index >= 15 is 0 Å². The lowest BCUT2D eigenvalue weighted by atomic mass is 10.2. The molecular weight excluding hydrogens is 354 g/mol. The number of hydrazine groups is 1. The first-order chi connectivity index (χ1) is 11.3. The number of halogens is 1. The quantitative estimate of drug-likeness (QED) is 0.799. The summed E-state index contributed by atoms with van der Waals surface area (Å²) >= 11 is 6.04. The normalized spacial score (nSPS) is 13.3. The van der Waals surface area contributed by atoms with E-state index in [2.05, 4.69) is 5.43 Å². The Morgan fingerprint density at radius 1 is 1.21 bits per heavy atom. The molecule has 2 amide bonds. The molecule has 0 atom stereocenters. The van der Waals surface area contributed by atoms with Gasteiger partial charge in [0, 0.05) is 10.6 Å². The van der Waals surface area contributed by atoms with E-state index in [9.17, 15) is 13.2 Å². The number of rotatable bonds is 2. The number of sulfonamides is 1. The second-order valence-corrected chi connectivity index (χ2v) is 7.40. The fourth-order valence-corrected chi connectivity index (χ4v) is 2.72. The predicted molar refractivity (Wildman–Crippen MR) is 90.7 cm³/mol. The van der Waals surface area contributed by atoms with Gasteiger partial charge in [-0.15, -0.1) is 4.83 Å². The number of amides is 2. The molecule has 126 valence electrons. The SMILES string of the molecule is CS(=O)(=O)NNC(=O)N1Cc2ccccc2Oc2ccc(Cl)cc21. The zero-order valence-corrected chi connectivity index (χ0v) is 14.2.